The molecule has 0 saturated carbocycles. The second kappa shape index (κ2) is 5.81. The third-order valence-corrected chi connectivity index (χ3v) is 2.75. The molecule has 3 unspecified atom stereocenters. The number of hydrogen-bond donors (Lipinski definition) is 3. The molecule has 0 spiro atoms. The molecule has 0 radical (unpaired) electrons. The van der Waals surface area contributed by atoms with E-state index >= 15 is 0 Å². The molecule has 3 atom stereocenters. The van der Waals surface area contributed by atoms with E-state index in [1.54, 1.807) is 0 Å². The van der Waals surface area contributed by atoms with Gasteiger partial charge in [0, 0.05) is 6.61 Å². The van der Waals surface area contributed by atoms with Gasteiger partial charge in [-0.1, -0.05) is 6.92 Å². The molecule has 0 bridgehead atoms. The number of rotatable bonds is 5. The standard InChI is InChI=1S/C10H18N2O4/c1-2-8-6(3-4-16-8)10(15)12-5-7(13)9(11)14/h6-8,13H,2-5H2,1H3,(H2,11,14)(H,12,15). The number of hydrogen-bond acceptors (Lipinski definition) is 4. The van der Waals surface area contributed by atoms with Gasteiger partial charge in [0.1, 0.15) is 6.10 Å². The summed E-state index contributed by atoms with van der Waals surface area (Å²) in [6, 6.07) is 0. The van der Waals surface area contributed by atoms with Crippen LogP contribution in [0.3, 0.4) is 0 Å². The average molecular weight is 230 g/mol. The molecule has 2 amide bonds. The van der Waals surface area contributed by atoms with Crippen LogP contribution in [0.5, 0.6) is 0 Å². The monoisotopic (exact) mass is 230 g/mol. The van der Waals surface area contributed by atoms with Crippen LogP contribution in [-0.4, -0.2) is 42.3 Å². The lowest BCUT2D eigenvalue weighted by molar-refractivity contribution is -0.129. The highest BCUT2D eigenvalue weighted by Gasteiger charge is 2.32. The number of ether oxygens (including phenoxy) is 1. The van der Waals surface area contributed by atoms with E-state index in [1.165, 1.54) is 0 Å². The van der Waals surface area contributed by atoms with Gasteiger partial charge in [-0.15, -0.1) is 0 Å². The number of carbonyl (C=O) groups excluding carboxylic acids is 2. The molecule has 4 N–H and O–H groups in total. The summed E-state index contributed by atoms with van der Waals surface area (Å²) in [5.41, 5.74) is 4.86. The zero-order valence-corrected chi connectivity index (χ0v) is 9.31. The second-order valence-corrected chi connectivity index (χ2v) is 3.88. The van der Waals surface area contributed by atoms with Crippen molar-refractivity contribution in [1.82, 2.24) is 5.32 Å². The summed E-state index contributed by atoms with van der Waals surface area (Å²) in [6.07, 6.45) is 0.0602. The predicted molar refractivity (Wildman–Crippen MR) is 56.3 cm³/mol. The minimum atomic E-state index is -1.33. The Kier molecular flexibility index (Phi) is 4.70. The summed E-state index contributed by atoms with van der Waals surface area (Å²) in [5, 5.41) is 11.6. The fourth-order valence-corrected chi connectivity index (χ4v) is 1.78. The Morgan fingerprint density at radius 3 is 2.88 bits per heavy atom. The van der Waals surface area contributed by atoms with Gasteiger partial charge in [-0.25, -0.2) is 0 Å². The summed E-state index contributed by atoms with van der Waals surface area (Å²) < 4.78 is 5.38. The van der Waals surface area contributed by atoms with Gasteiger partial charge in [-0.05, 0) is 12.8 Å². The molecule has 16 heavy (non-hydrogen) atoms. The SMILES string of the molecule is CCC1OCCC1C(=O)NCC(O)C(N)=O. The maximum atomic E-state index is 11.7. The lowest BCUT2D eigenvalue weighted by Crippen LogP contribution is -2.43. The van der Waals surface area contributed by atoms with Crippen LogP contribution in [0.25, 0.3) is 0 Å². The zero-order chi connectivity index (χ0) is 12.1. The van der Waals surface area contributed by atoms with Crippen molar-refractivity contribution in [3.05, 3.63) is 0 Å². The van der Waals surface area contributed by atoms with Crippen molar-refractivity contribution in [2.75, 3.05) is 13.2 Å². The molecule has 0 aromatic heterocycles. The van der Waals surface area contributed by atoms with Gasteiger partial charge in [0.25, 0.3) is 0 Å². The topological polar surface area (TPSA) is 102 Å². The first-order valence-corrected chi connectivity index (χ1v) is 5.43. The van der Waals surface area contributed by atoms with Crippen LogP contribution in [0, 0.1) is 5.92 Å². The van der Waals surface area contributed by atoms with E-state index < -0.39 is 12.0 Å². The summed E-state index contributed by atoms with van der Waals surface area (Å²) in [4.78, 5) is 22.2. The van der Waals surface area contributed by atoms with Crippen molar-refractivity contribution in [3.63, 3.8) is 0 Å². The summed E-state index contributed by atoms with van der Waals surface area (Å²) in [7, 11) is 0. The molecule has 1 saturated heterocycles. The average Bonchev–Trinajstić information content (AvgIpc) is 2.73. The van der Waals surface area contributed by atoms with Crippen molar-refractivity contribution < 1.29 is 19.4 Å². The van der Waals surface area contributed by atoms with Crippen LogP contribution in [0.15, 0.2) is 0 Å². The minimum Gasteiger partial charge on any atom is -0.381 e. The molecular weight excluding hydrogens is 212 g/mol. The number of carbonyl (C=O) groups is 2. The van der Waals surface area contributed by atoms with Crippen molar-refractivity contribution in [1.29, 1.82) is 0 Å². The highest BCUT2D eigenvalue weighted by Crippen LogP contribution is 2.23. The maximum Gasteiger partial charge on any atom is 0.248 e. The van der Waals surface area contributed by atoms with Gasteiger partial charge < -0.3 is 20.9 Å². The fourth-order valence-electron chi connectivity index (χ4n) is 1.78. The first-order chi connectivity index (χ1) is 7.56. The zero-order valence-electron chi connectivity index (χ0n) is 9.31. The molecule has 92 valence electrons. The quantitative estimate of drug-likeness (QED) is 0.550. The molecule has 1 aliphatic rings. The van der Waals surface area contributed by atoms with Gasteiger partial charge in [-0.3, -0.25) is 9.59 Å². The van der Waals surface area contributed by atoms with Crippen molar-refractivity contribution >= 4 is 11.8 Å². The number of aliphatic hydroxyl groups is 1. The number of amides is 2. The van der Waals surface area contributed by atoms with Crippen LogP contribution in [0.4, 0.5) is 0 Å². The smallest absolute Gasteiger partial charge is 0.248 e. The van der Waals surface area contributed by atoms with E-state index in [2.05, 4.69) is 5.32 Å². The van der Waals surface area contributed by atoms with Crippen LogP contribution >= 0.6 is 0 Å². The van der Waals surface area contributed by atoms with Gasteiger partial charge in [-0.2, -0.15) is 0 Å². The molecule has 0 aromatic rings. The second-order valence-electron chi connectivity index (χ2n) is 3.88. The lowest BCUT2D eigenvalue weighted by atomic mass is 9.99. The lowest BCUT2D eigenvalue weighted by Gasteiger charge is -2.17. The molecule has 1 rings (SSSR count). The molecule has 0 aromatic carbocycles. The van der Waals surface area contributed by atoms with Crippen molar-refractivity contribution in [2.45, 2.75) is 32.0 Å². The highest BCUT2D eigenvalue weighted by atomic mass is 16.5. The Bertz CT molecular complexity index is 270. The van der Waals surface area contributed by atoms with Crippen LogP contribution in [0.2, 0.25) is 0 Å². The van der Waals surface area contributed by atoms with Gasteiger partial charge in [0.2, 0.25) is 11.8 Å². The van der Waals surface area contributed by atoms with E-state index in [-0.39, 0.29) is 24.5 Å². The largest absolute Gasteiger partial charge is 0.381 e. The number of aliphatic hydroxyl groups excluding tert-OH is 1. The summed E-state index contributed by atoms with van der Waals surface area (Å²) in [5.74, 6) is -1.22. The molecule has 1 aliphatic heterocycles. The minimum absolute atomic E-state index is 0.0641. The first kappa shape index (κ1) is 12.9. The van der Waals surface area contributed by atoms with Crippen molar-refractivity contribution in [3.8, 4) is 0 Å². The Morgan fingerprint density at radius 1 is 1.62 bits per heavy atom. The van der Waals surface area contributed by atoms with E-state index in [9.17, 15) is 9.59 Å². The van der Waals surface area contributed by atoms with E-state index in [0.29, 0.717) is 13.0 Å². The number of nitrogens with two attached hydrogens (primary N) is 1. The molecular formula is C10H18N2O4. The van der Waals surface area contributed by atoms with E-state index in [0.717, 1.165) is 6.42 Å². The van der Waals surface area contributed by atoms with Crippen LogP contribution in [0.1, 0.15) is 19.8 Å². The Labute approximate surface area is 94.1 Å². The molecule has 6 heteroatoms. The van der Waals surface area contributed by atoms with Gasteiger partial charge in [0.15, 0.2) is 0 Å². The molecule has 6 nitrogen and oxygen atoms in total. The van der Waals surface area contributed by atoms with Gasteiger partial charge >= 0.3 is 0 Å². The van der Waals surface area contributed by atoms with Crippen molar-refractivity contribution in [2.24, 2.45) is 11.7 Å². The normalized spacial score (nSPS) is 26.4. The number of nitrogens with one attached hydrogen (secondary N) is 1. The summed E-state index contributed by atoms with van der Waals surface area (Å²) >= 11 is 0. The third-order valence-electron chi connectivity index (χ3n) is 2.75. The third kappa shape index (κ3) is 3.18. The van der Waals surface area contributed by atoms with E-state index in [1.807, 2.05) is 6.92 Å². The molecule has 1 fully saturated rings. The predicted octanol–water partition coefficient (Wildman–Crippen LogP) is -1.24. The first-order valence-electron chi connectivity index (χ1n) is 5.43. The fraction of sp³-hybridized carbons (Fsp3) is 0.800. The Hall–Kier alpha value is -1.14. The van der Waals surface area contributed by atoms with Crippen LogP contribution in [-0.2, 0) is 14.3 Å². The molecule has 0 aliphatic carbocycles. The Morgan fingerprint density at radius 2 is 2.31 bits per heavy atom. The Balaban J connectivity index is 2.37. The highest BCUT2D eigenvalue weighted by molar-refractivity contribution is 5.82. The van der Waals surface area contributed by atoms with Crippen LogP contribution < -0.4 is 11.1 Å². The van der Waals surface area contributed by atoms with E-state index in [4.69, 9.17) is 15.6 Å². The molecule has 1 heterocycles. The number of primary amides is 1. The van der Waals surface area contributed by atoms with Gasteiger partial charge in [0.05, 0.1) is 18.6 Å². The maximum absolute atomic E-state index is 11.7. The summed E-state index contributed by atoms with van der Waals surface area (Å²) in [6.45, 7) is 2.39.